The fraction of sp³-hybridized carbons (Fsp3) is 0.600. The van der Waals surface area contributed by atoms with E-state index in [2.05, 4.69) is 29.6 Å². The molecule has 1 aromatic rings. The van der Waals surface area contributed by atoms with Crippen molar-refractivity contribution in [1.82, 2.24) is 9.62 Å². The van der Waals surface area contributed by atoms with E-state index in [9.17, 15) is 8.42 Å². The predicted octanol–water partition coefficient (Wildman–Crippen LogP) is 2.24. The summed E-state index contributed by atoms with van der Waals surface area (Å²) in [5, 5.41) is 3.57. The van der Waals surface area contributed by atoms with Crippen LogP contribution >= 0.6 is 11.8 Å². The third-order valence-corrected chi connectivity index (χ3v) is 6.23. The molecule has 1 aliphatic heterocycles. The zero-order chi connectivity index (χ0) is 15.3. The highest BCUT2D eigenvalue weighted by Crippen LogP contribution is 2.31. The van der Waals surface area contributed by atoms with Crippen molar-refractivity contribution in [3.05, 3.63) is 35.4 Å². The number of rotatable bonds is 7. The monoisotopic (exact) mass is 328 g/mol. The van der Waals surface area contributed by atoms with Crippen LogP contribution in [0.1, 0.15) is 30.5 Å². The average molecular weight is 329 g/mol. The highest BCUT2D eigenvalue weighted by molar-refractivity contribution is 7.98. The molecular formula is C15H24N2O2S2. The molecule has 118 valence electrons. The van der Waals surface area contributed by atoms with Crippen molar-refractivity contribution in [1.29, 1.82) is 0 Å². The number of sulfonamides is 1. The van der Waals surface area contributed by atoms with Crippen LogP contribution in [0, 0.1) is 0 Å². The smallest absolute Gasteiger partial charge is 0.211 e. The number of nitrogens with one attached hydrogen (secondary N) is 1. The van der Waals surface area contributed by atoms with Gasteiger partial charge in [0.1, 0.15) is 0 Å². The molecule has 0 saturated carbocycles. The lowest BCUT2D eigenvalue weighted by Crippen LogP contribution is -2.34. The van der Waals surface area contributed by atoms with Crippen LogP contribution in [-0.2, 0) is 15.8 Å². The minimum atomic E-state index is -3.07. The Kier molecular flexibility index (Phi) is 6.10. The van der Waals surface area contributed by atoms with E-state index in [1.54, 1.807) is 0 Å². The standard InChI is InChI=1S/C15H24N2O2S2/c1-3-17(21(2,18)19)10-6-9-16-15-12-20-11-13-7-4-5-8-14(13)15/h4-5,7-8,15-16H,3,6,9-12H2,1-2H3. The third kappa shape index (κ3) is 4.71. The minimum Gasteiger partial charge on any atom is -0.309 e. The molecule has 1 N–H and O–H groups in total. The molecule has 0 aromatic heterocycles. The second kappa shape index (κ2) is 7.63. The van der Waals surface area contributed by atoms with Crippen LogP contribution in [0.15, 0.2) is 24.3 Å². The maximum Gasteiger partial charge on any atom is 0.211 e. The molecule has 0 amide bonds. The van der Waals surface area contributed by atoms with Crippen molar-refractivity contribution < 1.29 is 8.42 Å². The third-order valence-electron chi connectivity index (χ3n) is 3.77. The molecule has 0 bridgehead atoms. The van der Waals surface area contributed by atoms with Crippen molar-refractivity contribution in [2.75, 3.05) is 31.6 Å². The van der Waals surface area contributed by atoms with E-state index in [1.165, 1.54) is 21.7 Å². The first kappa shape index (κ1) is 16.8. The Hall–Kier alpha value is -0.560. The van der Waals surface area contributed by atoms with Gasteiger partial charge in [0.15, 0.2) is 0 Å². The highest BCUT2D eigenvalue weighted by atomic mass is 32.2. The van der Waals surface area contributed by atoms with Gasteiger partial charge in [-0.15, -0.1) is 0 Å². The molecule has 1 heterocycles. The summed E-state index contributed by atoms with van der Waals surface area (Å²) in [5.74, 6) is 2.17. The van der Waals surface area contributed by atoms with Crippen LogP contribution in [0.5, 0.6) is 0 Å². The van der Waals surface area contributed by atoms with Crippen molar-refractivity contribution >= 4 is 21.8 Å². The van der Waals surface area contributed by atoms with Crippen LogP contribution < -0.4 is 5.32 Å². The zero-order valence-electron chi connectivity index (χ0n) is 12.7. The summed E-state index contributed by atoms with van der Waals surface area (Å²) >= 11 is 1.95. The maximum atomic E-state index is 11.5. The van der Waals surface area contributed by atoms with Gasteiger partial charge in [-0.1, -0.05) is 31.2 Å². The lowest BCUT2D eigenvalue weighted by molar-refractivity contribution is 0.414. The lowest BCUT2D eigenvalue weighted by Gasteiger charge is -2.26. The average Bonchev–Trinajstić information content (AvgIpc) is 2.46. The van der Waals surface area contributed by atoms with Crippen LogP contribution in [0.3, 0.4) is 0 Å². The Labute approximate surface area is 132 Å². The van der Waals surface area contributed by atoms with Crippen LogP contribution in [0.2, 0.25) is 0 Å². The molecule has 1 atom stereocenters. The van der Waals surface area contributed by atoms with Gasteiger partial charge in [0, 0.05) is 30.6 Å². The summed E-state index contributed by atoms with van der Waals surface area (Å²) in [6.45, 7) is 3.85. The van der Waals surface area contributed by atoms with Gasteiger partial charge in [0.2, 0.25) is 10.0 Å². The molecule has 1 unspecified atom stereocenters. The van der Waals surface area contributed by atoms with Gasteiger partial charge < -0.3 is 5.32 Å². The normalized spacial score (nSPS) is 18.7. The second-order valence-electron chi connectivity index (χ2n) is 5.33. The van der Waals surface area contributed by atoms with Crippen molar-refractivity contribution in [2.45, 2.75) is 25.1 Å². The van der Waals surface area contributed by atoms with Crippen LogP contribution in [-0.4, -0.2) is 44.4 Å². The number of nitrogens with zero attached hydrogens (tertiary/aromatic N) is 1. The van der Waals surface area contributed by atoms with Crippen LogP contribution in [0.25, 0.3) is 0 Å². The Bertz CT molecular complexity index is 561. The molecule has 6 heteroatoms. The SMILES string of the molecule is CCN(CCCNC1CSCc2ccccc21)S(C)(=O)=O. The number of hydrogen-bond donors (Lipinski definition) is 1. The Morgan fingerprint density at radius 3 is 2.86 bits per heavy atom. The molecule has 0 fully saturated rings. The molecular weight excluding hydrogens is 304 g/mol. The van der Waals surface area contributed by atoms with Gasteiger partial charge in [0.05, 0.1) is 6.26 Å². The largest absolute Gasteiger partial charge is 0.309 e. The summed E-state index contributed by atoms with van der Waals surface area (Å²) < 4.78 is 24.6. The van der Waals surface area contributed by atoms with E-state index in [1.807, 2.05) is 18.7 Å². The summed E-state index contributed by atoms with van der Waals surface area (Å²) in [4.78, 5) is 0. The Morgan fingerprint density at radius 2 is 2.14 bits per heavy atom. The molecule has 4 nitrogen and oxygen atoms in total. The molecule has 1 aliphatic rings. The highest BCUT2D eigenvalue weighted by Gasteiger charge is 2.19. The van der Waals surface area contributed by atoms with E-state index >= 15 is 0 Å². The molecule has 21 heavy (non-hydrogen) atoms. The molecule has 1 aromatic carbocycles. The molecule has 0 aliphatic carbocycles. The molecule has 0 spiro atoms. The number of hydrogen-bond acceptors (Lipinski definition) is 4. The Morgan fingerprint density at radius 1 is 1.38 bits per heavy atom. The van der Waals surface area contributed by atoms with E-state index < -0.39 is 10.0 Å². The summed E-state index contributed by atoms with van der Waals surface area (Å²) in [6, 6.07) is 8.95. The van der Waals surface area contributed by atoms with Crippen LogP contribution in [0.4, 0.5) is 0 Å². The van der Waals surface area contributed by atoms with Gasteiger partial charge in [-0.25, -0.2) is 12.7 Å². The first-order valence-corrected chi connectivity index (χ1v) is 10.4. The summed E-state index contributed by atoms with van der Waals surface area (Å²) in [6.07, 6.45) is 2.11. The first-order valence-electron chi connectivity index (χ1n) is 7.36. The van der Waals surface area contributed by atoms with Crippen molar-refractivity contribution in [3.8, 4) is 0 Å². The van der Waals surface area contributed by atoms with E-state index in [-0.39, 0.29) is 0 Å². The number of benzene rings is 1. The fourth-order valence-corrected chi connectivity index (χ4v) is 4.70. The fourth-order valence-electron chi connectivity index (χ4n) is 2.64. The van der Waals surface area contributed by atoms with Gasteiger partial charge in [-0.2, -0.15) is 11.8 Å². The lowest BCUT2D eigenvalue weighted by atomic mass is 10.0. The first-order chi connectivity index (χ1) is 10.0. The predicted molar refractivity (Wildman–Crippen MR) is 90.1 cm³/mol. The van der Waals surface area contributed by atoms with Crippen molar-refractivity contribution in [2.24, 2.45) is 0 Å². The van der Waals surface area contributed by atoms with Gasteiger partial charge in [-0.3, -0.25) is 0 Å². The minimum absolute atomic E-state index is 0.383. The van der Waals surface area contributed by atoms with E-state index in [4.69, 9.17) is 0 Å². The summed E-state index contributed by atoms with van der Waals surface area (Å²) in [5.41, 5.74) is 2.81. The molecule has 0 saturated heterocycles. The number of thioether (sulfide) groups is 1. The quantitative estimate of drug-likeness (QED) is 0.780. The van der Waals surface area contributed by atoms with E-state index in [0.717, 1.165) is 24.5 Å². The maximum absolute atomic E-state index is 11.5. The second-order valence-corrected chi connectivity index (χ2v) is 8.34. The topological polar surface area (TPSA) is 49.4 Å². The summed E-state index contributed by atoms with van der Waals surface area (Å²) in [7, 11) is -3.07. The Balaban J connectivity index is 1.82. The van der Waals surface area contributed by atoms with Crippen molar-refractivity contribution in [3.63, 3.8) is 0 Å². The van der Waals surface area contributed by atoms with E-state index in [0.29, 0.717) is 19.1 Å². The molecule has 2 rings (SSSR count). The van der Waals surface area contributed by atoms with Gasteiger partial charge in [-0.05, 0) is 24.1 Å². The zero-order valence-corrected chi connectivity index (χ0v) is 14.3. The van der Waals surface area contributed by atoms with Gasteiger partial charge >= 0.3 is 0 Å². The van der Waals surface area contributed by atoms with Gasteiger partial charge in [0.25, 0.3) is 0 Å². The molecule has 0 radical (unpaired) electrons. The number of fused-ring (bicyclic) bond motifs is 1.